The van der Waals surface area contributed by atoms with E-state index in [0.717, 1.165) is 12.3 Å². The Bertz CT molecular complexity index is 655. The van der Waals surface area contributed by atoms with Crippen molar-refractivity contribution in [2.45, 2.75) is 0 Å². The van der Waals surface area contributed by atoms with Crippen LogP contribution in [0.25, 0.3) is 10.9 Å². The molecule has 0 unspecified atom stereocenters. The highest BCUT2D eigenvalue weighted by atomic mass is 16.4. The van der Waals surface area contributed by atoms with E-state index in [-0.39, 0.29) is 16.6 Å². The number of H-pyrrole nitrogens is 2. The SMILES string of the molecule is O=C(O)c1cc2c(=O)[nH]c(=O)[nH]c2cn1. The third-order valence-electron chi connectivity index (χ3n) is 1.84. The predicted molar refractivity (Wildman–Crippen MR) is 49.9 cm³/mol. The molecule has 0 aliphatic carbocycles. The first-order valence-electron chi connectivity index (χ1n) is 3.93. The summed E-state index contributed by atoms with van der Waals surface area (Å²) in [6.45, 7) is 0. The van der Waals surface area contributed by atoms with Crippen molar-refractivity contribution in [2.24, 2.45) is 0 Å². The van der Waals surface area contributed by atoms with Crippen LogP contribution in [0, 0.1) is 0 Å². The van der Waals surface area contributed by atoms with Crippen molar-refractivity contribution in [3.05, 3.63) is 38.8 Å². The molecule has 76 valence electrons. The molecule has 0 spiro atoms. The molecular weight excluding hydrogens is 202 g/mol. The number of aromatic amines is 2. The van der Waals surface area contributed by atoms with Gasteiger partial charge in [0.05, 0.1) is 17.1 Å². The maximum absolute atomic E-state index is 11.3. The number of aromatic carboxylic acids is 1. The summed E-state index contributed by atoms with van der Waals surface area (Å²) in [6.07, 6.45) is 1.13. The zero-order valence-corrected chi connectivity index (χ0v) is 7.27. The molecule has 7 nitrogen and oxygen atoms in total. The van der Waals surface area contributed by atoms with Gasteiger partial charge in [0, 0.05) is 0 Å². The third kappa shape index (κ3) is 1.50. The van der Waals surface area contributed by atoms with Crippen molar-refractivity contribution in [3.8, 4) is 0 Å². The van der Waals surface area contributed by atoms with E-state index < -0.39 is 17.2 Å². The van der Waals surface area contributed by atoms with Gasteiger partial charge in [0.25, 0.3) is 5.56 Å². The lowest BCUT2D eigenvalue weighted by molar-refractivity contribution is 0.0690. The number of aromatic nitrogens is 3. The van der Waals surface area contributed by atoms with Gasteiger partial charge in [0.2, 0.25) is 0 Å². The standard InChI is InChI=1S/C8H5N3O4/c12-6-3-1-4(7(13)14)9-2-5(3)10-8(15)11-6/h1-2H,(H,13,14)(H2,10,11,12,15). The second-order valence-electron chi connectivity index (χ2n) is 2.83. The third-order valence-corrected chi connectivity index (χ3v) is 1.84. The molecule has 0 aromatic carbocycles. The Labute approximate surface area is 81.4 Å². The number of nitrogens with one attached hydrogen (secondary N) is 2. The van der Waals surface area contributed by atoms with Crippen LogP contribution in [0.2, 0.25) is 0 Å². The van der Waals surface area contributed by atoms with E-state index in [1.807, 2.05) is 4.98 Å². The van der Waals surface area contributed by atoms with Gasteiger partial charge in [-0.2, -0.15) is 0 Å². The molecular formula is C8H5N3O4. The molecule has 0 saturated carbocycles. The molecule has 0 fully saturated rings. The van der Waals surface area contributed by atoms with Crippen molar-refractivity contribution in [1.29, 1.82) is 0 Å². The lowest BCUT2D eigenvalue weighted by Crippen LogP contribution is -2.22. The second kappa shape index (κ2) is 3.05. The number of hydrogen-bond donors (Lipinski definition) is 3. The number of carboxylic acids is 1. The van der Waals surface area contributed by atoms with Crippen molar-refractivity contribution < 1.29 is 9.90 Å². The van der Waals surface area contributed by atoms with E-state index in [2.05, 4.69) is 9.97 Å². The summed E-state index contributed by atoms with van der Waals surface area (Å²) >= 11 is 0. The van der Waals surface area contributed by atoms with E-state index in [1.54, 1.807) is 0 Å². The molecule has 0 radical (unpaired) electrons. The van der Waals surface area contributed by atoms with Gasteiger partial charge < -0.3 is 10.1 Å². The summed E-state index contributed by atoms with van der Waals surface area (Å²) < 4.78 is 0. The average Bonchev–Trinajstić information content (AvgIpc) is 2.16. The molecule has 2 aromatic heterocycles. The molecule has 0 aliphatic heterocycles. The molecule has 0 saturated heterocycles. The Balaban J connectivity index is 2.89. The number of hydrogen-bond acceptors (Lipinski definition) is 4. The van der Waals surface area contributed by atoms with E-state index in [9.17, 15) is 14.4 Å². The Morgan fingerprint density at radius 2 is 2.07 bits per heavy atom. The Morgan fingerprint density at radius 3 is 2.73 bits per heavy atom. The van der Waals surface area contributed by atoms with Crippen molar-refractivity contribution in [1.82, 2.24) is 15.0 Å². The highest BCUT2D eigenvalue weighted by molar-refractivity contribution is 5.90. The maximum atomic E-state index is 11.3. The fourth-order valence-electron chi connectivity index (χ4n) is 1.18. The number of nitrogens with zero attached hydrogens (tertiary/aromatic N) is 1. The predicted octanol–water partition coefficient (Wildman–Crippen LogP) is -0.690. The van der Waals surface area contributed by atoms with Crippen LogP contribution in [0.5, 0.6) is 0 Å². The van der Waals surface area contributed by atoms with Crippen LogP contribution < -0.4 is 11.2 Å². The Hall–Kier alpha value is -2.44. The Morgan fingerprint density at radius 1 is 1.33 bits per heavy atom. The van der Waals surface area contributed by atoms with E-state index in [1.165, 1.54) is 0 Å². The zero-order chi connectivity index (χ0) is 11.0. The van der Waals surface area contributed by atoms with E-state index in [4.69, 9.17) is 5.11 Å². The van der Waals surface area contributed by atoms with Crippen molar-refractivity contribution in [3.63, 3.8) is 0 Å². The number of carbonyl (C=O) groups is 1. The van der Waals surface area contributed by atoms with E-state index in [0.29, 0.717) is 0 Å². The van der Waals surface area contributed by atoms with Crippen molar-refractivity contribution >= 4 is 16.9 Å². The number of fused-ring (bicyclic) bond motifs is 1. The van der Waals surface area contributed by atoms with Crippen LogP contribution in [-0.2, 0) is 0 Å². The molecule has 0 atom stereocenters. The van der Waals surface area contributed by atoms with Gasteiger partial charge in [-0.1, -0.05) is 0 Å². The second-order valence-corrected chi connectivity index (χ2v) is 2.83. The first-order valence-corrected chi connectivity index (χ1v) is 3.93. The lowest BCUT2D eigenvalue weighted by atomic mass is 10.2. The van der Waals surface area contributed by atoms with Gasteiger partial charge in [-0.15, -0.1) is 0 Å². The summed E-state index contributed by atoms with van der Waals surface area (Å²) in [7, 11) is 0. The molecule has 3 N–H and O–H groups in total. The maximum Gasteiger partial charge on any atom is 0.354 e. The first-order chi connectivity index (χ1) is 7.08. The minimum Gasteiger partial charge on any atom is -0.477 e. The fourth-order valence-corrected chi connectivity index (χ4v) is 1.18. The van der Waals surface area contributed by atoms with Crippen LogP contribution >= 0.6 is 0 Å². The summed E-state index contributed by atoms with van der Waals surface area (Å²) in [6, 6.07) is 1.10. The van der Waals surface area contributed by atoms with Crippen molar-refractivity contribution in [2.75, 3.05) is 0 Å². The molecule has 15 heavy (non-hydrogen) atoms. The monoisotopic (exact) mass is 207 g/mol. The van der Waals surface area contributed by atoms with Crippen LogP contribution in [0.15, 0.2) is 21.9 Å². The van der Waals surface area contributed by atoms with E-state index >= 15 is 0 Å². The number of rotatable bonds is 1. The lowest BCUT2D eigenvalue weighted by Gasteiger charge is -1.96. The molecule has 0 amide bonds. The normalized spacial score (nSPS) is 10.4. The summed E-state index contributed by atoms with van der Waals surface area (Å²) in [5.74, 6) is -1.23. The average molecular weight is 207 g/mol. The van der Waals surface area contributed by atoms with Crippen LogP contribution in [-0.4, -0.2) is 26.0 Å². The first kappa shape index (κ1) is 9.13. The van der Waals surface area contributed by atoms with Gasteiger partial charge in [-0.25, -0.2) is 14.6 Å². The Kier molecular flexibility index (Phi) is 1.86. The zero-order valence-electron chi connectivity index (χ0n) is 7.27. The highest BCUT2D eigenvalue weighted by Crippen LogP contribution is 2.04. The van der Waals surface area contributed by atoms with Gasteiger partial charge in [-0.05, 0) is 6.07 Å². The van der Waals surface area contributed by atoms with Gasteiger partial charge in [0.1, 0.15) is 5.69 Å². The number of carboxylic acid groups (broad SMARTS) is 1. The summed E-state index contributed by atoms with van der Waals surface area (Å²) in [4.78, 5) is 40.6. The summed E-state index contributed by atoms with van der Waals surface area (Å²) in [5, 5.41) is 8.73. The quantitative estimate of drug-likeness (QED) is 0.572. The van der Waals surface area contributed by atoms with Crippen LogP contribution in [0.4, 0.5) is 0 Å². The van der Waals surface area contributed by atoms with Gasteiger partial charge >= 0.3 is 11.7 Å². The van der Waals surface area contributed by atoms with Crippen LogP contribution in [0.3, 0.4) is 0 Å². The molecule has 2 aromatic rings. The minimum absolute atomic E-state index is 0.0852. The number of pyridine rings is 1. The molecule has 0 bridgehead atoms. The molecule has 0 aliphatic rings. The smallest absolute Gasteiger partial charge is 0.354 e. The topological polar surface area (TPSA) is 116 Å². The largest absolute Gasteiger partial charge is 0.477 e. The highest BCUT2D eigenvalue weighted by Gasteiger charge is 2.07. The van der Waals surface area contributed by atoms with Crippen LogP contribution in [0.1, 0.15) is 10.5 Å². The van der Waals surface area contributed by atoms with Gasteiger partial charge in [-0.3, -0.25) is 9.78 Å². The van der Waals surface area contributed by atoms with Gasteiger partial charge in [0.15, 0.2) is 0 Å². The molecule has 7 heteroatoms. The fraction of sp³-hybridized carbons (Fsp3) is 0. The minimum atomic E-state index is -1.23. The molecule has 2 rings (SSSR count). The molecule has 2 heterocycles. The summed E-state index contributed by atoms with van der Waals surface area (Å²) in [5.41, 5.74) is -1.34.